The minimum Gasteiger partial charge on any atom is -0.376 e. The molecule has 0 aromatic carbocycles. The van der Waals surface area contributed by atoms with Crippen LogP contribution in [0.1, 0.15) is 11.4 Å². The molecule has 4 heterocycles. The third-order valence-corrected chi connectivity index (χ3v) is 5.51. The maximum absolute atomic E-state index is 12.3. The minimum absolute atomic E-state index is 0.0376. The SMILES string of the molecule is O=C(C[C@@H]1CO[C@H]2CN(Cc3nccs3)C[C@@H]12)Nc1cccnc1. The van der Waals surface area contributed by atoms with Crippen molar-refractivity contribution in [2.75, 3.05) is 25.0 Å². The summed E-state index contributed by atoms with van der Waals surface area (Å²) in [4.78, 5) is 23.0. The van der Waals surface area contributed by atoms with Gasteiger partial charge in [0.05, 0.1) is 31.1 Å². The number of pyridine rings is 1. The Balaban J connectivity index is 1.31. The van der Waals surface area contributed by atoms with Gasteiger partial charge < -0.3 is 10.1 Å². The fourth-order valence-corrected chi connectivity index (χ4v) is 4.29. The Morgan fingerprint density at radius 2 is 2.38 bits per heavy atom. The van der Waals surface area contributed by atoms with Crippen molar-refractivity contribution >= 4 is 22.9 Å². The Kier molecular flexibility index (Phi) is 4.55. The smallest absolute Gasteiger partial charge is 0.224 e. The average molecular weight is 344 g/mol. The Morgan fingerprint density at radius 1 is 1.42 bits per heavy atom. The zero-order valence-electron chi connectivity index (χ0n) is 13.3. The predicted octanol–water partition coefficient (Wildman–Crippen LogP) is 2.01. The van der Waals surface area contributed by atoms with E-state index < -0.39 is 0 Å². The summed E-state index contributed by atoms with van der Waals surface area (Å²) in [6.45, 7) is 3.48. The molecular weight excluding hydrogens is 324 g/mol. The Labute approximate surface area is 144 Å². The van der Waals surface area contributed by atoms with Crippen molar-refractivity contribution in [1.29, 1.82) is 0 Å². The second-order valence-corrected chi connectivity index (χ2v) is 7.39. The molecule has 6 nitrogen and oxygen atoms in total. The van der Waals surface area contributed by atoms with Gasteiger partial charge >= 0.3 is 0 Å². The second-order valence-electron chi connectivity index (χ2n) is 6.41. The van der Waals surface area contributed by atoms with Gasteiger partial charge in [-0.1, -0.05) is 0 Å². The summed E-state index contributed by atoms with van der Waals surface area (Å²) in [7, 11) is 0. The van der Waals surface area contributed by atoms with Crippen molar-refractivity contribution in [1.82, 2.24) is 14.9 Å². The van der Waals surface area contributed by atoms with Crippen molar-refractivity contribution in [3.05, 3.63) is 41.1 Å². The Bertz CT molecular complexity index is 679. The Morgan fingerprint density at radius 3 is 3.17 bits per heavy atom. The molecule has 2 aromatic rings. The van der Waals surface area contributed by atoms with Gasteiger partial charge in [-0.05, 0) is 18.1 Å². The normalized spacial score (nSPS) is 26.4. The molecule has 4 rings (SSSR count). The fourth-order valence-electron chi connectivity index (χ4n) is 3.63. The number of nitrogens with zero attached hydrogens (tertiary/aromatic N) is 3. The summed E-state index contributed by atoms with van der Waals surface area (Å²) < 4.78 is 5.94. The molecule has 2 aromatic heterocycles. The van der Waals surface area contributed by atoms with Gasteiger partial charge in [0.1, 0.15) is 5.01 Å². The van der Waals surface area contributed by atoms with Crippen molar-refractivity contribution in [2.45, 2.75) is 19.1 Å². The van der Waals surface area contributed by atoms with Crippen molar-refractivity contribution in [2.24, 2.45) is 11.8 Å². The molecule has 0 aliphatic carbocycles. The van der Waals surface area contributed by atoms with Gasteiger partial charge in [-0.2, -0.15) is 0 Å². The maximum atomic E-state index is 12.3. The summed E-state index contributed by atoms with van der Waals surface area (Å²) >= 11 is 1.69. The molecule has 2 aliphatic heterocycles. The van der Waals surface area contributed by atoms with Crippen LogP contribution in [0.5, 0.6) is 0 Å². The molecule has 0 saturated carbocycles. The van der Waals surface area contributed by atoms with Gasteiger partial charge in [-0.15, -0.1) is 11.3 Å². The van der Waals surface area contributed by atoms with Crippen LogP contribution in [0.25, 0.3) is 0 Å². The summed E-state index contributed by atoms with van der Waals surface area (Å²) in [6.07, 6.45) is 5.96. The topological polar surface area (TPSA) is 67.3 Å². The molecule has 2 aliphatic rings. The van der Waals surface area contributed by atoms with Crippen LogP contribution in [0, 0.1) is 11.8 Å². The fraction of sp³-hybridized carbons (Fsp3) is 0.471. The van der Waals surface area contributed by atoms with Crippen molar-refractivity contribution in [3.8, 4) is 0 Å². The van der Waals surface area contributed by atoms with E-state index in [1.807, 2.05) is 23.7 Å². The number of thiazole rings is 1. The van der Waals surface area contributed by atoms with Crippen LogP contribution in [0.3, 0.4) is 0 Å². The molecule has 2 saturated heterocycles. The van der Waals surface area contributed by atoms with Crippen LogP contribution in [-0.2, 0) is 16.1 Å². The van der Waals surface area contributed by atoms with E-state index in [1.165, 1.54) is 0 Å². The van der Waals surface area contributed by atoms with Crippen LogP contribution in [-0.4, -0.2) is 46.6 Å². The molecule has 24 heavy (non-hydrogen) atoms. The molecule has 0 unspecified atom stereocenters. The molecule has 1 amide bonds. The lowest BCUT2D eigenvalue weighted by Gasteiger charge is -2.18. The third kappa shape index (κ3) is 3.48. The van der Waals surface area contributed by atoms with Crippen LogP contribution in [0.4, 0.5) is 5.69 Å². The number of nitrogens with one attached hydrogen (secondary N) is 1. The van der Waals surface area contributed by atoms with E-state index >= 15 is 0 Å². The zero-order valence-corrected chi connectivity index (χ0v) is 14.1. The van der Waals surface area contributed by atoms with E-state index in [9.17, 15) is 4.79 Å². The largest absolute Gasteiger partial charge is 0.376 e. The molecule has 0 bridgehead atoms. The second kappa shape index (κ2) is 6.96. The molecule has 126 valence electrons. The van der Waals surface area contributed by atoms with Crippen LogP contribution in [0.2, 0.25) is 0 Å². The maximum Gasteiger partial charge on any atom is 0.224 e. The highest BCUT2D eigenvalue weighted by atomic mass is 32.1. The van der Waals surface area contributed by atoms with Gasteiger partial charge in [0.2, 0.25) is 5.91 Å². The number of anilines is 1. The number of fused-ring (bicyclic) bond motifs is 1. The van der Waals surface area contributed by atoms with Crippen molar-refractivity contribution in [3.63, 3.8) is 0 Å². The first kappa shape index (κ1) is 15.7. The van der Waals surface area contributed by atoms with Crippen LogP contribution in [0.15, 0.2) is 36.1 Å². The summed E-state index contributed by atoms with van der Waals surface area (Å²) in [5.74, 6) is 0.758. The van der Waals surface area contributed by atoms with Gasteiger partial charge in [-0.25, -0.2) is 4.98 Å². The van der Waals surface area contributed by atoms with Gasteiger partial charge in [0, 0.05) is 43.2 Å². The first-order valence-corrected chi connectivity index (χ1v) is 9.08. The van der Waals surface area contributed by atoms with Gasteiger partial charge in [0.15, 0.2) is 0 Å². The van der Waals surface area contributed by atoms with E-state index in [0.717, 1.165) is 30.3 Å². The number of amides is 1. The van der Waals surface area contributed by atoms with Crippen LogP contribution >= 0.6 is 11.3 Å². The number of ether oxygens (including phenoxy) is 1. The average Bonchev–Trinajstić information content (AvgIpc) is 3.28. The standard InChI is InChI=1S/C17H20N4O2S/c22-16(20-13-2-1-3-18-7-13)6-12-11-23-15-9-21(8-14(12)15)10-17-19-4-5-24-17/h1-5,7,12,14-15H,6,8-11H2,(H,20,22)/t12-,14+,15+/m1/s1. The van der Waals surface area contributed by atoms with Crippen LogP contribution < -0.4 is 5.32 Å². The molecular formula is C17H20N4O2S. The lowest BCUT2D eigenvalue weighted by atomic mass is 9.90. The number of hydrogen-bond acceptors (Lipinski definition) is 6. The molecule has 1 N–H and O–H groups in total. The molecule has 0 radical (unpaired) electrons. The molecule has 7 heteroatoms. The molecule has 2 fully saturated rings. The lowest BCUT2D eigenvalue weighted by molar-refractivity contribution is -0.117. The highest BCUT2D eigenvalue weighted by Crippen LogP contribution is 2.36. The van der Waals surface area contributed by atoms with E-state index in [1.54, 1.807) is 23.7 Å². The number of rotatable bonds is 5. The van der Waals surface area contributed by atoms with E-state index in [2.05, 4.69) is 20.2 Å². The Hall–Kier alpha value is -1.83. The van der Waals surface area contributed by atoms with Crippen molar-refractivity contribution < 1.29 is 9.53 Å². The van der Waals surface area contributed by atoms with Gasteiger partial charge in [0.25, 0.3) is 0 Å². The number of likely N-dealkylation sites (tertiary alicyclic amines) is 1. The number of carbonyl (C=O) groups is 1. The lowest BCUT2D eigenvalue weighted by Crippen LogP contribution is -2.26. The van der Waals surface area contributed by atoms with E-state index in [0.29, 0.717) is 18.9 Å². The van der Waals surface area contributed by atoms with E-state index in [-0.39, 0.29) is 17.9 Å². The number of aromatic nitrogens is 2. The highest BCUT2D eigenvalue weighted by Gasteiger charge is 2.44. The quantitative estimate of drug-likeness (QED) is 0.899. The first-order valence-electron chi connectivity index (χ1n) is 8.20. The van der Waals surface area contributed by atoms with Gasteiger partial charge in [-0.3, -0.25) is 14.7 Å². The monoisotopic (exact) mass is 344 g/mol. The first-order chi connectivity index (χ1) is 11.8. The van der Waals surface area contributed by atoms with E-state index in [4.69, 9.17) is 4.74 Å². The highest BCUT2D eigenvalue weighted by molar-refractivity contribution is 7.09. The zero-order chi connectivity index (χ0) is 16.4. The summed E-state index contributed by atoms with van der Waals surface area (Å²) in [5.41, 5.74) is 0.745. The summed E-state index contributed by atoms with van der Waals surface area (Å²) in [5, 5.41) is 6.07. The molecule has 0 spiro atoms. The molecule has 3 atom stereocenters. The number of hydrogen-bond donors (Lipinski definition) is 1. The number of carbonyl (C=O) groups excluding carboxylic acids is 1. The minimum atomic E-state index is 0.0376. The third-order valence-electron chi connectivity index (χ3n) is 4.75. The predicted molar refractivity (Wildman–Crippen MR) is 91.6 cm³/mol. The summed E-state index contributed by atoms with van der Waals surface area (Å²) in [6, 6.07) is 3.67.